The molecule has 2 fully saturated rings. The molecule has 4 unspecified atom stereocenters. The lowest BCUT2D eigenvalue weighted by Gasteiger charge is -2.40. The first-order valence-corrected chi connectivity index (χ1v) is 8.19. The van der Waals surface area contributed by atoms with Crippen molar-refractivity contribution >= 4 is 0 Å². The summed E-state index contributed by atoms with van der Waals surface area (Å²) in [7, 11) is 0. The molecule has 106 valence electrons. The maximum atomic E-state index is 3.77. The highest BCUT2D eigenvalue weighted by molar-refractivity contribution is 4.88. The first-order valence-electron chi connectivity index (χ1n) is 8.19. The summed E-state index contributed by atoms with van der Waals surface area (Å²) in [6.45, 7) is 11.0. The molecule has 2 aliphatic rings. The molecule has 0 bridgehead atoms. The minimum absolute atomic E-state index is 0.797. The molecule has 1 aliphatic carbocycles. The van der Waals surface area contributed by atoms with E-state index in [0.29, 0.717) is 0 Å². The van der Waals surface area contributed by atoms with Crippen molar-refractivity contribution < 1.29 is 0 Å². The van der Waals surface area contributed by atoms with Crippen molar-refractivity contribution in [1.29, 1.82) is 0 Å². The normalized spacial score (nSPS) is 38.2. The minimum atomic E-state index is 0.797. The number of hydrogen-bond acceptors (Lipinski definition) is 2. The van der Waals surface area contributed by atoms with E-state index < -0.39 is 0 Å². The standard InChI is InChI=1S/C16H32N2/c1-4-10-17-16-9-5-8-15(16)12-18-11-6-7-13(2)14(18)3/h13-17H,4-12H2,1-3H3. The summed E-state index contributed by atoms with van der Waals surface area (Å²) in [5.41, 5.74) is 0. The highest BCUT2D eigenvalue weighted by atomic mass is 15.2. The van der Waals surface area contributed by atoms with Crippen LogP contribution < -0.4 is 5.32 Å². The Kier molecular flexibility index (Phi) is 5.50. The van der Waals surface area contributed by atoms with Gasteiger partial charge in [-0.3, -0.25) is 0 Å². The average Bonchev–Trinajstić information content (AvgIpc) is 2.80. The van der Waals surface area contributed by atoms with Gasteiger partial charge in [-0.25, -0.2) is 0 Å². The van der Waals surface area contributed by atoms with Crippen LogP contribution in [0, 0.1) is 11.8 Å². The van der Waals surface area contributed by atoms with Gasteiger partial charge in [-0.1, -0.05) is 20.3 Å². The third kappa shape index (κ3) is 3.48. The summed E-state index contributed by atoms with van der Waals surface area (Å²) in [6, 6.07) is 1.60. The van der Waals surface area contributed by atoms with Gasteiger partial charge in [-0.05, 0) is 64.0 Å². The molecule has 2 heteroatoms. The van der Waals surface area contributed by atoms with E-state index in [2.05, 4.69) is 31.0 Å². The van der Waals surface area contributed by atoms with E-state index in [1.807, 2.05) is 0 Å². The molecule has 1 saturated heterocycles. The van der Waals surface area contributed by atoms with Gasteiger partial charge in [0.1, 0.15) is 0 Å². The molecule has 2 rings (SSSR count). The van der Waals surface area contributed by atoms with Crippen LogP contribution in [0.4, 0.5) is 0 Å². The quantitative estimate of drug-likeness (QED) is 0.808. The number of hydrogen-bond donors (Lipinski definition) is 1. The van der Waals surface area contributed by atoms with Crippen LogP contribution >= 0.6 is 0 Å². The molecule has 0 aromatic heterocycles. The molecule has 2 nitrogen and oxygen atoms in total. The zero-order chi connectivity index (χ0) is 13.0. The Morgan fingerprint density at radius 2 is 1.94 bits per heavy atom. The van der Waals surface area contributed by atoms with Crippen LogP contribution in [0.5, 0.6) is 0 Å². The maximum absolute atomic E-state index is 3.77. The number of likely N-dealkylation sites (tertiary alicyclic amines) is 1. The van der Waals surface area contributed by atoms with Gasteiger partial charge in [-0.2, -0.15) is 0 Å². The molecule has 1 aliphatic heterocycles. The van der Waals surface area contributed by atoms with Gasteiger partial charge in [0.15, 0.2) is 0 Å². The van der Waals surface area contributed by atoms with Crippen LogP contribution in [0.1, 0.15) is 59.3 Å². The van der Waals surface area contributed by atoms with Gasteiger partial charge >= 0.3 is 0 Å². The SMILES string of the molecule is CCCNC1CCCC1CN1CCCC(C)C1C. The molecular formula is C16H32N2. The van der Waals surface area contributed by atoms with Gasteiger partial charge in [0, 0.05) is 18.6 Å². The van der Waals surface area contributed by atoms with E-state index >= 15 is 0 Å². The van der Waals surface area contributed by atoms with Crippen molar-refractivity contribution in [1.82, 2.24) is 10.2 Å². The van der Waals surface area contributed by atoms with Gasteiger partial charge in [0.2, 0.25) is 0 Å². The van der Waals surface area contributed by atoms with Crippen LogP contribution in [0.15, 0.2) is 0 Å². The second-order valence-electron chi connectivity index (χ2n) is 6.61. The summed E-state index contributed by atoms with van der Waals surface area (Å²) >= 11 is 0. The number of nitrogens with zero attached hydrogens (tertiary/aromatic N) is 1. The lowest BCUT2D eigenvalue weighted by molar-refractivity contribution is 0.0907. The minimum Gasteiger partial charge on any atom is -0.314 e. The van der Waals surface area contributed by atoms with Crippen molar-refractivity contribution in [3.8, 4) is 0 Å². The third-order valence-corrected chi connectivity index (χ3v) is 5.29. The number of piperidine rings is 1. The summed E-state index contributed by atoms with van der Waals surface area (Å²) in [4.78, 5) is 2.77. The van der Waals surface area contributed by atoms with Crippen molar-refractivity contribution in [3.63, 3.8) is 0 Å². The molecular weight excluding hydrogens is 220 g/mol. The smallest absolute Gasteiger partial charge is 0.0107 e. The van der Waals surface area contributed by atoms with E-state index in [-0.39, 0.29) is 0 Å². The fourth-order valence-corrected chi connectivity index (χ4v) is 3.83. The Morgan fingerprint density at radius 3 is 2.72 bits per heavy atom. The lowest BCUT2D eigenvalue weighted by Crippen LogP contribution is -2.47. The topological polar surface area (TPSA) is 15.3 Å². The maximum Gasteiger partial charge on any atom is 0.0107 e. The molecule has 4 atom stereocenters. The molecule has 18 heavy (non-hydrogen) atoms. The second-order valence-corrected chi connectivity index (χ2v) is 6.61. The summed E-state index contributed by atoms with van der Waals surface area (Å²) in [6.07, 6.45) is 8.39. The third-order valence-electron chi connectivity index (χ3n) is 5.29. The Morgan fingerprint density at radius 1 is 1.11 bits per heavy atom. The van der Waals surface area contributed by atoms with Crippen LogP contribution in [-0.2, 0) is 0 Å². The van der Waals surface area contributed by atoms with E-state index in [0.717, 1.165) is 23.9 Å². The average molecular weight is 252 g/mol. The van der Waals surface area contributed by atoms with Crippen LogP contribution in [0.3, 0.4) is 0 Å². The first kappa shape index (κ1) is 14.3. The van der Waals surface area contributed by atoms with Crippen LogP contribution in [0.25, 0.3) is 0 Å². The van der Waals surface area contributed by atoms with E-state index in [9.17, 15) is 0 Å². The Hall–Kier alpha value is -0.0800. The predicted octanol–water partition coefficient (Wildman–Crippen LogP) is 3.28. The summed E-state index contributed by atoms with van der Waals surface area (Å²) in [5, 5.41) is 3.77. The van der Waals surface area contributed by atoms with Crippen molar-refractivity contribution in [2.24, 2.45) is 11.8 Å². The van der Waals surface area contributed by atoms with Gasteiger partial charge < -0.3 is 10.2 Å². The van der Waals surface area contributed by atoms with E-state index in [4.69, 9.17) is 0 Å². The summed E-state index contributed by atoms with van der Waals surface area (Å²) < 4.78 is 0. The number of nitrogens with one attached hydrogen (secondary N) is 1. The molecule has 1 saturated carbocycles. The van der Waals surface area contributed by atoms with Crippen molar-refractivity contribution in [3.05, 3.63) is 0 Å². The second kappa shape index (κ2) is 6.91. The van der Waals surface area contributed by atoms with Gasteiger partial charge in [0.05, 0.1) is 0 Å². The number of rotatable bonds is 5. The van der Waals surface area contributed by atoms with Crippen LogP contribution in [0.2, 0.25) is 0 Å². The molecule has 0 aromatic carbocycles. The zero-order valence-electron chi connectivity index (χ0n) is 12.6. The van der Waals surface area contributed by atoms with Gasteiger partial charge in [-0.15, -0.1) is 0 Å². The fraction of sp³-hybridized carbons (Fsp3) is 1.00. The van der Waals surface area contributed by atoms with E-state index in [1.54, 1.807) is 0 Å². The molecule has 1 N–H and O–H groups in total. The Balaban J connectivity index is 1.83. The largest absolute Gasteiger partial charge is 0.314 e. The molecule has 0 spiro atoms. The predicted molar refractivity (Wildman–Crippen MR) is 78.9 cm³/mol. The van der Waals surface area contributed by atoms with Crippen molar-refractivity contribution in [2.75, 3.05) is 19.6 Å². The molecule has 0 radical (unpaired) electrons. The van der Waals surface area contributed by atoms with Crippen molar-refractivity contribution in [2.45, 2.75) is 71.4 Å². The molecule has 0 aromatic rings. The first-order chi connectivity index (χ1) is 8.72. The monoisotopic (exact) mass is 252 g/mol. The summed E-state index contributed by atoms with van der Waals surface area (Å²) in [5.74, 6) is 1.80. The highest BCUT2D eigenvalue weighted by Gasteiger charge is 2.32. The zero-order valence-corrected chi connectivity index (χ0v) is 12.6. The van der Waals surface area contributed by atoms with E-state index in [1.165, 1.54) is 58.2 Å². The lowest BCUT2D eigenvalue weighted by atomic mass is 9.90. The highest BCUT2D eigenvalue weighted by Crippen LogP contribution is 2.30. The van der Waals surface area contributed by atoms with Gasteiger partial charge in [0.25, 0.3) is 0 Å². The Bertz CT molecular complexity index is 241. The Labute approximate surface area is 114 Å². The molecule has 0 amide bonds. The molecule has 1 heterocycles. The fourth-order valence-electron chi connectivity index (χ4n) is 3.83. The van der Waals surface area contributed by atoms with Crippen LogP contribution in [-0.4, -0.2) is 36.6 Å².